The van der Waals surface area contributed by atoms with Gasteiger partial charge in [0.25, 0.3) is 0 Å². The summed E-state index contributed by atoms with van der Waals surface area (Å²) in [5.74, 6) is 0.114. The summed E-state index contributed by atoms with van der Waals surface area (Å²) in [6.45, 7) is 8.88. The van der Waals surface area contributed by atoms with Crippen LogP contribution in [0.4, 0.5) is 11.4 Å². The van der Waals surface area contributed by atoms with Crippen LogP contribution in [0.25, 0.3) is 0 Å². The number of amides is 1. The fourth-order valence-electron chi connectivity index (χ4n) is 4.51. The number of nitrogens with one attached hydrogen (secondary N) is 1. The largest absolute Gasteiger partial charge is 0.355 e. The molecule has 2 aromatic carbocycles. The van der Waals surface area contributed by atoms with Crippen molar-refractivity contribution < 1.29 is 4.79 Å². The Labute approximate surface area is 167 Å². The maximum atomic E-state index is 12.8. The van der Waals surface area contributed by atoms with Crippen LogP contribution in [0.15, 0.2) is 48.5 Å². The summed E-state index contributed by atoms with van der Waals surface area (Å²) in [7, 11) is 0. The van der Waals surface area contributed by atoms with E-state index in [9.17, 15) is 4.79 Å². The van der Waals surface area contributed by atoms with E-state index in [0.717, 1.165) is 50.5 Å². The van der Waals surface area contributed by atoms with Gasteiger partial charge in [-0.3, -0.25) is 9.80 Å². The van der Waals surface area contributed by atoms with Gasteiger partial charge in [0.05, 0.1) is 6.04 Å². The highest BCUT2D eigenvalue weighted by atomic mass is 16.2. The molecule has 1 amide bonds. The minimum absolute atomic E-state index is 0.00238. The molecule has 1 unspecified atom stereocenters. The summed E-state index contributed by atoms with van der Waals surface area (Å²) in [5, 5.41) is 7.88. The molecule has 2 aromatic rings. The maximum absolute atomic E-state index is 12.8. The van der Waals surface area contributed by atoms with Crippen LogP contribution in [0, 0.1) is 0 Å². The highest BCUT2D eigenvalue weighted by Gasteiger charge is 2.33. The number of carbonyl (C=O) groups is 1. The van der Waals surface area contributed by atoms with Crippen LogP contribution in [0.1, 0.15) is 37.4 Å². The summed E-state index contributed by atoms with van der Waals surface area (Å²) in [5.41, 5.74) is 4.66. The van der Waals surface area contributed by atoms with Crippen LogP contribution in [0.5, 0.6) is 0 Å². The first-order valence-electron chi connectivity index (χ1n) is 10.4. The van der Waals surface area contributed by atoms with Crippen molar-refractivity contribution >= 4 is 17.3 Å². The molecule has 5 heteroatoms. The van der Waals surface area contributed by atoms with Crippen molar-refractivity contribution in [3.8, 4) is 0 Å². The van der Waals surface area contributed by atoms with Gasteiger partial charge in [0.2, 0.25) is 5.91 Å². The number of piperazine rings is 1. The molecule has 1 N–H and O–H groups in total. The van der Waals surface area contributed by atoms with Gasteiger partial charge in [-0.2, -0.15) is 0 Å². The Bertz CT molecular complexity index is 829. The molecule has 5 nitrogen and oxygen atoms in total. The molecule has 0 aliphatic carbocycles. The molecule has 0 radical (unpaired) electrons. The van der Waals surface area contributed by atoms with Crippen LogP contribution in [0.2, 0.25) is 0 Å². The van der Waals surface area contributed by atoms with Crippen LogP contribution < -0.4 is 5.32 Å². The summed E-state index contributed by atoms with van der Waals surface area (Å²) in [6, 6.07) is 16.8. The van der Waals surface area contributed by atoms with Gasteiger partial charge in [-0.1, -0.05) is 43.3 Å². The normalized spacial score (nSPS) is 19.9. The van der Waals surface area contributed by atoms with Gasteiger partial charge in [0.1, 0.15) is 0 Å². The van der Waals surface area contributed by atoms with Gasteiger partial charge in [-0.15, -0.1) is 0 Å². The van der Waals surface area contributed by atoms with Crippen LogP contribution in [0.3, 0.4) is 0 Å². The number of anilines is 2. The fourth-order valence-corrected chi connectivity index (χ4v) is 4.51. The van der Waals surface area contributed by atoms with Crippen molar-refractivity contribution in [1.82, 2.24) is 14.9 Å². The van der Waals surface area contributed by atoms with Gasteiger partial charge in [-0.05, 0) is 30.7 Å². The number of hydrogen-bond donors (Lipinski definition) is 1. The molecule has 1 saturated heterocycles. The third kappa shape index (κ3) is 3.77. The topological polar surface area (TPSA) is 38.8 Å². The first kappa shape index (κ1) is 19.0. The molecular formula is C23H30N4O. The fraction of sp³-hybridized carbons (Fsp3) is 0.435. The Morgan fingerprint density at radius 3 is 2.43 bits per heavy atom. The van der Waals surface area contributed by atoms with Gasteiger partial charge in [0.15, 0.2) is 0 Å². The van der Waals surface area contributed by atoms with E-state index in [2.05, 4.69) is 70.7 Å². The van der Waals surface area contributed by atoms with Crippen molar-refractivity contribution in [3.05, 3.63) is 59.7 Å². The molecule has 0 bridgehead atoms. The number of hydrazine groups is 1. The zero-order valence-electron chi connectivity index (χ0n) is 16.9. The Morgan fingerprint density at radius 2 is 1.71 bits per heavy atom. The molecule has 0 spiro atoms. The average Bonchev–Trinajstić information content (AvgIpc) is 2.86. The summed E-state index contributed by atoms with van der Waals surface area (Å²) in [6.07, 6.45) is 1.99. The van der Waals surface area contributed by atoms with E-state index in [1.165, 1.54) is 17.5 Å². The van der Waals surface area contributed by atoms with E-state index in [4.69, 9.17) is 0 Å². The Balaban J connectivity index is 1.67. The van der Waals surface area contributed by atoms with Crippen molar-refractivity contribution in [2.24, 2.45) is 0 Å². The van der Waals surface area contributed by atoms with Crippen molar-refractivity contribution in [2.75, 3.05) is 38.0 Å². The molecule has 2 aliphatic heterocycles. The number of para-hydroxylation sites is 2. The van der Waals surface area contributed by atoms with Crippen LogP contribution in [-0.4, -0.2) is 53.5 Å². The van der Waals surface area contributed by atoms with E-state index >= 15 is 0 Å². The van der Waals surface area contributed by atoms with Crippen molar-refractivity contribution in [2.45, 2.75) is 32.7 Å². The average molecular weight is 379 g/mol. The summed E-state index contributed by atoms with van der Waals surface area (Å²) >= 11 is 0. The predicted octanol–water partition coefficient (Wildman–Crippen LogP) is 3.82. The molecule has 28 heavy (non-hydrogen) atoms. The van der Waals surface area contributed by atoms with Gasteiger partial charge in [-0.25, -0.2) is 5.01 Å². The SMILES string of the molecule is CCCN1CCN(N(C(C)=O)C2Cc3ccccc3Nc3ccccc32)CC1. The third-order valence-electron chi connectivity index (χ3n) is 5.83. The molecule has 1 fully saturated rings. The molecule has 0 saturated carbocycles. The molecule has 1 atom stereocenters. The van der Waals surface area contributed by atoms with E-state index < -0.39 is 0 Å². The molecule has 2 heterocycles. The number of benzene rings is 2. The van der Waals surface area contributed by atoms with E-state index in [0.29, 0.717) is 0 Å². The number of rotatable bonds is 4. The first-order chi connectivity index (χ1) is 13.7. The lowest BCUT2D eigenvalue weighted by Crippen LogP contribution is -2.56. The van der Waals surface area contributed by atoms with Crippen LogP contribution >= 0.6 is 0 Å². The minimum Gasteiger partial charge on any atom is -0.355 e. The Kier molecular flexibility index (Phi) is 5.64. The van der Waals surface area contributed by atoms with Crippen molar-refractivity contribution in [3.63, 3.8) is 0 Å². The Morgan fingerprint density at radius 1 is 1.04 bits per heavy atom. The van der Waals surface area contributed by atoms with Gasteiger partial charge < -0.3 is 10.2 Å². The second-order valence-corrected chi connectivity index (χ2v) is 7.75. The highest BCUT2D eigenvalue weighted by molar-refractivity contribution is 5.75. The number of nitrogens with zero attached hydrogens (tertiary/aromatic N) is 3. The van der Waals surface area contributed by atoms with E-state index in [1.54, 1.807) is 6.92 Å². The Hall–Kier alpha value is -2.37. The second-order valence-electron chi connectivity index (χ2n) is 7.75. The molecular weight excluding hydrogens is 348 g/mol. The molecule has 0 aromatic heterocycles. The maximum Gasteiger partial charge on any atom is 0.234 e. The monoisotopic (exact) mass is 378 g/mol. The lowest BCUT2D eigenvalue weighted by Gasteiger charge is -2.44. The zero-order chi connectivity index (χ0) is 19.5. The van der Waals surface area contributed by atoms with Crippen molar-refractivity contribution in [1.29, 1.82) is 0 Å². The minimum atomic E-state index is 0.00238. The summed E-state index contributed by atoms with van der Waals surface area (Å²) < 4.78 is 0. The first-order valence-corrected chi connectivity index (χ1v) is 10.4. The van der Waals surface area contributed by atoms with Gasteiger partial charge >= 0.3 is 0 Å². The third-order valence-corrected chi connectivity index (χ3v) is 5.83. The van der Waals surface area contributed by atoms with E-state index in [1.807, 2.05) is 5.01 Å². The van der Waals surface area contributed by atoms with Crippen LogP contribution in [-0.2, 0) is 11.2 Å². The second kappa shape index (κ2) is 8.33. The van der Waals surface area contributed by atoms with E-state index in [-0.39, 0.29) is 11.9 Å². The highest BCUT2D eigenvalue weighted by Crippen LogP contribution is 2.38. The molecule has 148 valence electrons. The number of carbonyl (C=O) groups excluding carboxylic acids is 1. The lowest BCUT2D eigenvalue weighted by atomic mass is 9.98. The van der Waals surface area contributed by atoms with Gasteiger partial charge in [0, 0.05) is 56.5 Å². The summed E-state index contributed by atoms with van der Waals surface area (Å²) in [4.78, 5) is 15.3. The number of hydrogen-bond acceptors (Lipinski definition) is 4. The predicted molar refractivity (Wildman–Crippen MR) is 113 cm³/mol. The molecule has 4 rings (SSSR count). The smallest absolute Gasteiger partial charge is 0.234 e. The molecule has 2 aliphatic rings. The standard InChI is InChI=1S/C23H30N4O/c1-3-12-25-13-15-26(16-14-25)27(18(2)28)23-17-19-8-4-6-10-21(19)24-22-11-7-5-9-20(22)23/h4-11,23-24H,3,12-17H2,1-2H3. The zero-order valence-corrected chi connectivity index (χ0v) is 16.9. The number of fused-ring (bicyclic) bond motifs is 2. The lowest BCUT2D eigenvalue weighted by molar-refractivity contribution is -0.157. The quantitative estimate of drug-likeness (QED) is 0.878.